The van der Waals surface area contributed by atoms with Gasteiger partial charge in [0.25, 0.3) is 5.91 Å². The zero-order valence-corrected chi connectivity index (χ0v) is 10.9. The maximum atomic E-state index is 12.2. The van der Waals surface area contributed by atoms with Crippen molar-refractivity contribution in [1.82, 2.24) is 20.1 Å². The SMILES string of the molecule is CCCc1nc(C(=O)N2CCC[C@@H](C(=O)O)C2)n[nH]1. The van der Waals surface area contributed by atoms with Gasteiger partial charge in [0.05, 0.1) is 5.92 Å². The number of carbonyl (C=O) groups is 2. The fourth-order valence-electron chi connectivity index (χ4n) is 2.24. The highest BCUT2D eigenvalue weighted by atomic mass is 16.4. The molecule has 0 aromatic carbocycles. The Bertz CT molecular complexity index is 471. The zero-order chi connectivity index (χ0) is 13.8. The van der Waals surface area contributed by atoms with Crippen molar-refractivity contribution in [3.05, 3.63) is 11.6 Å². The lowest BCUT2D eigenvalue weighted by molar-refractivity contribution is -0.143. The summed E-state index contributed by atoms with van der Waals surface area (Å²) < 4.78 is 0. The van der Waals surface area contributed by atoms with Gasteiger partial charge in [0, 0.05) is 19.5 Å². The van der Waals surface area contributed by atoms with Crippen LogP contribution in [0.3, 0.4) is 0 Å². The molecule has 104 valence electrons. The van der Waals surface area contributed by atoms with E-state index in [9.17, 15) is 9.59 Å². The Hall–Kier alpha value is -1.92. The van der Waals surface area contributed by atoms with Crippen LogP contribution in [-0.4, -0.2) is 50.2 Å². The van der Waals surface area contributed by atoms with Gasteiger partial charge in [0.15, 0.2) is 0 Å². The number of rotatable bonds is 4. The first-order valence-corrected chi connectivity index (χ1v) is 6.55. The van der Waals surface area contributed by atoms with Crippen molar-refractivity contribution in [3.63, 3.8) is 0 Å². The highest BCUT2D eigenvalue weighted by molar-refractivity contribution is 5.90. The molecule has 0 bridgehead atoms. The summed E-state index contributed by atoms with van der Waals surface area (Å²) in [4.78, 5) is 28.8. The molecule has 1 aliphatic rings. The summed E-state index contributed by atoms with van der Waals surface area (Å²) in [6, 6.07) is 0. The number of likely N-dealkylation sites (tertiary alicyclic amines) is 1. The third kappa shape index (κ3) is 3.10. The largest absolute Gasteiger partial charge is 0.481 e. The van der Waals surface area contributed by atoms with Crippen molar-refractivity contribution >= 4 is 11.9 Å². The minimum Gasteiger partial charge on any atom is -0.481 e. The molecule has 2 N–H and O–H groups in total. The molecule has 7 heteroatoms. The summed E-state index contributed by atoms with van der Waals surface area (Å²) in [6.45, 7) is 2.83. The summed E-state index contributed by atoms with van der Waals surface area (Å²) in [5.74, 6) is -0.789. The van der Waals surface area contributed by atoms with Gasteiger partial charge in [-0.15, -0.1) is 5.10 Å². The van der Waals surface area contributed by atoms with Crippen LogP contribution in [0.1, 0.15) is 42.6 Å². The number of aliphatic carboxylic acids is 1. The minimum atomic E-state index is -0.848. The molecular formula is C12H18N4O3. The van der Waals surface area contributed by atoms with Gasteiger partial charge < -0.3 is 10.0 Å². The fourth-order valence-corrected chi connectivity index (χ4v) is 2.24. The van der Waals surface area contributed by atoms with E-state index in [4.69, 9.17) is 5.11 Å². The number of piperidine rings is 1. The average Bonchev–Trinajstić information content (AvgIpc) is 2.87. The number of aromatic amines is 1. The van der Waals surface area contributed by atoms with Crippen LogP contribution in [0.15, 0.2) is 0 Å². The first-order chi connectivity index (χ1) is 9.11. The third-order valence-corrected chi connectivity index (χ3v) is 3.27. The van der Waals surface area contributed by atoms with E-state index in [-0.39, 0.29) is 18.3 Å². The van der Waals surface area contributed by atoms with Crippen LogP contribution in [0.4, 0.5) is 0 Å². The highest BCUT2D eigenvalue weighted by Crippen LogP contribution is 2.18. The van der Waals surface area contributed by atoms with Gasteiger partial charge in [-0.25, -0.2) is 4.98 Å². The van der Waals surface area contributed by atoms with E-state index >= 15 is 0 Å². The molecule has 0 saturated carbocycles. The molecule has 2 heterocycles. The lowest BCUT2D eigenvalue weighted by atomic mass is 9.98. The van der Waals surface area contributed by atoms with Crippen LogP contribution in [0.2, 0.25) is 0 Å². The minimum absolute atomic E-state index is 0.134. The van der Waals surface area contributed by atoms with Crippen LogP contribution in [-0.2, 0) is 11.2 Å². The first kappa shape index (κ1) is 13.5. The van der Waals surface area contributed by atoms with Gasteiger partial charge in [-0.2, -0.15) is 0 Å². The van der Waals surface area contributed by atoms with Gasteiger partial charge in [-0.1, -0.05) is 6.92 Å². The normalized spacial score (nSPS) is 19.4. The molecule has 0 spiro atoms. The van der Waals surface area contributed by atoms with Crippen LogP contribution in [0, 0.1) is 5.92 Å². The predicted molar refractivity (Wildman–Crippen MR) is 66.6 cm³/mol. The summed E-state index contributed by atoms with van der Waals surface area (Å²) in [6.07, 6.45) is 2.99. The molecule has 1 fully saturated rings. The number of aromatic nitrogens is 3. The Morgan fingerprint density at radius 1 is 1.53 bits per heavy atom. The van der Waals surface area contributed by atoms with Crippen LogP contribution < -0.4 is 0 Å². The van der Waals surface area contributed by atoms with Crippen LogP contribution >= 0.6 is 0 Å². The van der Waals surface area contributed by atoms with Gasteiger partial charge in [-0.05, 0) is 19.3 Å². The second-order valence-corrected chi connectivity index (χ2v) is 4.78. The molecule has 1 atom stereocenters. The Kier molecular flexibility index (Phi) is 4.13. The Morgan fingerprint density at radius 2 is 2.32 bits per heavy atom. The molecule has 0 aliphatic carbocycles. The number of carboxylic acids is 1. The third-order valence-electron chi connectivity index (χ3n) is 3.27. The molecule has 19 heavy (non-hydrogen) atoms. The molecule has 7 nitrogen and oxygen atoms in total. The Balaban J connectivity index is 2.03. The Morgan fingerprint density at radius 3 is 3.00 bits per heavy atom. The quantitative estimate of drug-likeness (QED) is 0.835. The van der Waals surface area contributed by atoms with Gasteiger partial charge >= 0.3 is 5.97 Å². The Labute approximate surface area is 111 Å². The maximum Gasteiger partial charge on any atom is 0.308 e. The first-order valence-electron chi connectivity index (χ1n) is 6.55. The van der Waals surface area contributed by atoms with Crippen LogP contribution in [0.5, 0.6) is 0 Å². The molecule has 1 amide bonds. The lowest BCUT2D eigenvalue weighted by Gasteiger charge is -2.29. The summed E-state index contributed by atoms with van der Waals surface area (Å²) in [7, 11) is 0. The number of H-pyrrole nitrogens is 1. The molecule has 1 aromatic heterocycles. The van der Waals surface area contributed by atoms with Crippen molar-refractivity contribution in [1.29, 1.82) is 0 Å². The van der Waals surface area contributed by atoms with Gasteiger partial charge in [0.2, 0.25) is 5.82 Å². The smallest absolute Gasteiger partial charge is 0.308 e. The van der Waals surface area contributed by atoms with E-state index in [1.165, 1.54) is 4.90 Å². The number of nitrogens with zero attached hydrogens (tertiary/aromatic N) is 3. The lowest BCUT2D eigenvalue weighted by Crippen LogP contribution is -2.42. The molecular weight excluding hydrogens is 248 g/mol. The summed E-state index contributed by atoms with van der Waals surface area (Å²) >= 11 is 0. The van der Waals surface area contributed by atoms with Crippen molar-refractivity contribution in [2.75, 3.05) is 13.1 Å². The molecule has 0 unspecified atom stereocenters. The number of aryl methyl sites for hydroxylation is 1. The number of hydrogen-bond acceptors (Lipinski definition) is 4. The second kappa shape index (κ2) is 5.81. The fraction of sp³-hybridized carbons (Fsp3) is 0.667. The number of hydrogen-bond donors (Lipinski definition) is 2. The van der Waals surface area contributed by atoms with Crippen molar-refractivity contribution < 1.29 is 14.7 Å². The topological polar surface area (TPSA) is 99.2 Å². The van der Waals surface area contributed by atoms with Crippen molar-refractivity contribution in [3.8, 4) is 0 Å². The number of carboxylic acid groups (broad SMARTS) is 1. The second-order valence-electron chi connectivity index (χ2n) is 4.78. The standard InChI is InChI=1S/C12H18N4O3/c1-2-4-9-13-10(15-14-9)11(17)16-6-3-5-8(7-16)12(18)19/h8H,2-7H2,1H3,(H,18,19)(H,13,14,15)/t8-/m1/s1. The molecule has 0 radical (unpaired) electrons. The number of nitrogens with one attached hydrogen (secondary N) is 1. The monoisotopic (exact) mass is 266 g/mol. The van der Waals surface area contributed by atoms with Crippen molar-refractivity contribution in [2.24, 2.45) is 5.92 Å². The summed E-state index contributed by atoms with van der Waals surface area (Å²) in [5.41, 5.74) is 0. The average molecular weight is 266 g/mol. The van der Waals surface area contributed by atoms with E-state index < -0.39 is 11.9 Å². The highest BCUT2D eigenvalue weighted by Gasteiger charge is 2.30. The number of carbonyl (C=O) groups excluding carboxylic acids is 1. The molecule has 1 aromatic rings. The van der Waals surface area contributed by atoms with E-state index in [2.05, 4.69) is 15.2 Å². The van der Waals surface area contributed by atoms with Gasteiger partial charge in [-0.3, -0.25) is 14.7 Å². The van der Waals surface area contributed by atoms with Crippen LogP contribution in [0.25, 0.3) is 0 Å². The van der Waals surface area contributed by atoms with E-state index in [1.807, 2.05) is 6.92 Å². The summed E-state index contributed by atoms with van der Waals surface area (Å²) in [5, 5.41) is 15.6. The predicted octanol–water partition coefficient (Wildman–Crippen LogP) is 0.694. The van der Waals surface area contributed by atoms with E-state index in [1.54, 1.807) is 0 Å². The zero-order valence-electron chi connectivity index (χ0n) is 10.9. The molecule has 2 rings (SSSR count). The number of amides is 1. The molecule has 1 saturated heterocycles. The van der Waals surface area contributed by atoms with Crippen molar-refractivity contribution in [2.45, 2.75) is 32.6 Å². The van der Waals surface area contributed by atoms with E-state index in [0.717, 1.165) is 12.8 Å². The van der Waals surface area contributed by atoms with E-state index in [0.29, 0.717) is 25.2 Å². The van der Waals surface area contributed by atoms with Gasteiger partial charge in [0.1, 0.15) is 5.82 Å². The maximum absolute atomic E-state index is 12.2. The molecule has 1 aliphatic heterocycles.